The Morgan fingerprint density at radius 1 is 1.37 bits per heavy atom. The van der Waals surface area contributed by atoms with E-state index in [4.69, 9.17) is 5.11 Å². The van der Waals surface area contributed by atoms with E-state index in [2.05, 4.69) is 5.32 Å². The van der Waals surface area contributed by atoms with Gasteiger partial charge in [-0.2, -0.15) is 0 Å². The molecule has 1 atom stereocenters. The average molecular weight is 282 g/mol. The Balaban J connectivity index is 2.07. The first-order valence-corrected chi connectivity index (χ1v) is 6.16. The van der Waals surface area contributed by atoms with Gasteiger partial charge in [-0.25, -0.2) is 4.79 Å². The molecule has 0 bridgehead atoms. The highest BCUT2D eigenvalue weighted by Gasteiger charge is 2.37. The second-order valence-corrected chi connectivity index (χ2v) is 5.07. The van der Waals surface area contributed by atoms with Crippen molar-refractivity contribution in [2.45, 2.75) is 12.5 Å². The summed E-state index contributed by atoms with van der Waals surface area (Å²) in [5, 5.41) is 11.2. The van der Waals surface area contributed by atoms with Crippen LogP contribution in [0.4, 0.5) is 0 Å². The van der Waals surface area contributed by atoms with Crippen LogP contribution in [0.2, 0.25) is 0 Å². The average Bonchev–Trinajstić information content (AvgIpc) is 2.92. The van der Waals surface area contributed by atoms with Crippen LogP contribution in [-0.4, -0.2) is 46.8 Å². The third-order valence-corrected chi connectivity index (χ3v) is 3.80. The van der Waals surface area contributed by atoms with Crippen molar-refractivity contribution < 1.29 is 24.3 Å². The predicted octanol–water partition coefficient (Wildman–Crippen LogP) is -0.0666. The first-order valence-electron chi connectivity index (χ1n) is 5.34. The van der Waals surface area contributed by atoms with Gasteiger partial charge in [-0.1, -0.05) is 0 Å². The van der Waals surface area contributed by atoms with E-state index in [0.717, 1.165) is 16.2 Å². The smallest absolute Gasteiger partial charge is 0.345 e. The van der Waals surface area contributed by atoms with E-state index in [0.29, 0.717) is 0 Å². The minimum atomic E-state index is -1.11. The highest BCUT2D eigenvalue weighted by molar-refractivity contribution is 7.15. The van der Waals surface area contributed by atoms with E-state index < -0.39 is 23.8 Å². The lowest BCUT2D eigenvalue weighted by Crippen LogP contribution is -2.40. The largest absolute Gasteiger partial charge is 0.477 e. The number of rotatable bonds is 3. The number of imide groups is 1. The van der Waals surface area contributed by atoms with Crippen molar-refractivity contribution in [3.05, 3.63) is 21.9 Å². The number of hydrogen-bond donors (Lipinski definition) is 2. The molecule has 7 nitrogen and oxygen atoms in total. The van der Waals surface area contributed by atoms with Crippen LogP contribution < -0.4 is 5.32 Å². The molecule has 0 saturated carbocycles. The van der Waals surface area contributed by atoms with E-state index >= 15 is 0 Å². The normalized spacial score (nSPS) is 18.8. The molecule has 2 heterocycles. The molecule has 1 aromatic rings. The Kier molecular flexibility index (Phi) is 3.34. The van der Waals surface area contributed by atoms with Gasteiger partial charge >= 0.3 is 5.97 Å². The zero-order chi connectivity index (χ0) is 14.2. The second-order valence-electron chi connectivity index (χ2n) is 3.99. The van der Waals surface area contributed by atoms with Gasteiger partial charge in [0.1, 0.15) is 10.9 Å². The number of carbonyl (C=O) groups excluding carboxylic acids is 3. The monoisotopic (exact) mass is 282 g/mol. The third kappa shape index (κ3) is 2.48. The first-order chi connectivity index (χ1) is 8.90. The maximum absolute atomic E-state index is 11.8. The Morgan fingerprint density at radius 2 is 2.00 bits per heavy atom. The molecule has 0 aliphatic carbocycles. The molecule has 0 spiro atoms. The predicted molar refractivity (Wildman–Crippen MR) is 64.9 cm³/mol. The summed E-state index contributed by atoms with van der Waals surface area (Å²) in [6.07, 6.45) is -0.0712. The fourth-order valence-electron chi connectivity index (χ4n) is 1.67. The lowest BCUT2D eigenvalue weighted by Gasteiger charge is -2.09. The number of aromatic carboxylic acids is 1. The summed E-state index contributed by atoms with van der Waals surface area (Å²) < 4.78 is 0. The van der Waals surface area contributed by atoms with E-state index in [-0.39, 0.29) is 22.1 Å². The van der Waals surface area contributed by atoms with Crippen LogP contribution in [0, 0.1) is 0 Å². The van der Waals surface area contributed by atoms with Crippen LogP contribution in [0.1, 0.15) is 25.8 Å². The number of likely N-dealkylation sites (N-methyl/N-ethyl adjacent to an activating group) is 1. The Morgan fingerprint density at radius 3 is 2.47 bits per heavy atom. The summed E-state index contributed by atoms with van der Waals surface area (Å²) in [6.45, 7) is 0. The minimum Gasteiger partial charge on any atom is -0.477 e. The Hall–Kier alpha value is -2.22. The number of carboxylic acid groups (broad SMARTS) is 1. The van der Waals surface area contributed by atoms with Crippen molar-refractivity contribution in [2.24, 2.45) is 0 Å². The number of carboxylic acids is 1. The molecule has 1 fully saturated rings. The van der Waals surface area contributed by atoms with E-state index in [1.807, 2.05) is 0 Å². The highest BCUT2D eigenvalue weighted by atomic mass is 32.1. The molecule has 1 aromatic heterocycles. The van der Waals surface area contributed by atoms with Crippen LogP contribution in [-0.2, 0) is 9.59 Å². The van der Waals surface area contributed by atoms with Crippen LogP contribution in [0.3, 0.4) is 0 Å². The molecular weight excluding hydrogens is 272 g/mol. The number of thiophene rings is 1. The summed E-state index contributed by atoms with van der Waals surface area (Å²) in [6, 6.07) is 1.81. The molecule has 19 heavy (non-hydrogen) atoms. The summed E-state index contributed by atoms with van der Waals surface area (Å²) in [5.41, 5.74) is 0. The molecule has 1 unspecified atom stereocenters. The van der Waals surface area contributed by atoms with E-state index in [1.54, 1.807) is 0 Å². The summed E-state index contributed by atoms with van der Waals surface area (Å²) >= 11 is 0.814. The molecule has 1 saturated heterocycles. The molecular formula is C11H10N2O5S. The molecule has 8 heteroatoms. The van der Waals surface area contributed by atoms with Crippen molar-refractivity contribution in [3.63, 3.8) is 0 Å². The quantitative estimate of drug-likeness (QED) is 0.755. The fourth-order valence-corrected chi connectivity index (χ4v) is 2.42. The molecule has 3 amide bonds. The maximum Gasteiger partial charge on any atom is 0.345 e. The van der Waals surface area contributed by atoms with E-state index in [9.17, 15) is 19.2 Å². The summed E-state index contributed by atoms with van der Waals surface area (Å²) in [7, 11) is 1.35. The standard InChI is InChI=1S/C11H10N2O5S/c1-13-8(14)4-5(10(13)16)12-9(15)6-2-3-7(19-6)11(17)18/h2-3,5H,4H2,1H3,(H,12,15)(H,17,18). The lowest BCUT2D eigenvalue weighted by molar-refractivity contribution is -0.137. The number of nitrogens with one attached hydrogen (secondary N) is 1. The zero-order valence-electron chi connectivity index (χ0n) is 9.87. The van der Waals surface area contributed by atoms with Crippen molar-refractivity contribution in [2.75, 3.05) is 7.05 Å². The zero-order valence-corrected chi connectivity index (χ0v) is 10.7. The number of hydrogen-bond acceptors (Lipinski definition) is 5. The van der Waals surface area contributed by atoms with Gasteiger partial charge in [-0.05, 0) is 12.1 Å². The summed E-state index contributed by atoms with van der Waals surface area (Å²) in [4.78, 5) is 46.6. The molecule has 0 aromatic carbocycles. The topological polar surface area (TPSA) is 104 Å². The van der Waals surface area contributed by atoms with Gasteiger partial charge in [-0.3, -0.25) is 19.3 Å². The molecule has 100 valence electrons. The lowest BCUT2D eigenvalue weighted by atomic mass is 10.2. The van der Waals surface area contributed by atoms with Crippen molar-refractivity contribution in [1.82, 2.24) is 10.2 Å². The molecule has 1 aliphatic heterocycles. The van der Waals surface area contributed by atoms with Gasteiger partial charge in [0.2, 0.25) is 5.91 Å². The SMILES string of the molecule is CN1C(=O)CC(NC(=O)c2ccc(C(=O)O)s2)C1=O. The van der Waals surface area contributed by atoms with Crippen molar-refractivity contribution >= 4 is 35.0 Å². The first kappa shape index (κ1) is 13.2. The van der Waals surface area contributed by atoms with Crippen LogP contribution in [0.15, 0.2) is 12.1 Å². The third-order valence-electron chi connectivity index (χ3n) is 2.73. The number of amides is 3. The maximum atomic E-state index is 11.8. The van der Waals surface area contributed by atoms with Crippen LogP contribution >= 0.6 is 11.3 Å². The van der Waals surface area contributed by atoms with Gasteiger partial charge in [0, 0.05) is 7.05 Å². The van der Waals surface area contributed by atoms with Gasteiger partial charge < -0.3 is 10.4 Å². The number of likely N-dealkylation sites (tertiary alicyclic amines) is 1. The van der Waals surface area contributed by atoms with Gasteiger partial charge in [0.05, 0.1) is 11.3 Å². The summed E-state index contributed by atoms with van der Waals surface area (Å²) in [5.74, 6) is -2.49. The second kappa shape index (κ2) is 4.81. The Bertz CT molecular complexity index is 579. The molecule has 2 N–H and O–H groups in total. The highest BCUT2D eigenvalue weighted by Crippen LogP contribution is 2.17. The van der Waals surface area contributed by atoms with Gasteiger partial charge in [0.15, 0.2) is 0 Å². The number of carbonyl (C=O) groups is 4. The van der Waals surface area contributed by atoms with Gasteiger partial charge in [0.25, 0.3) is 11.8 Å². The van der Waals surface area contributed by atoms with Gasteiger partial charge in [-0.15, -0.1) is 11.3 Å². The molecule has 1 aliphatic rings. The van der Waals surface area contributed by atoms with E-state index in [1.165, 1.54) is 19.2 Å². The molecule has 2 rings (SSSR count). The van der Waals surface area contributed by atoms with Crippen molar-refractivity contribution in [3.8, 4) is 0 Å². The van der Waals surface area contributed by atoms with Crippen LogP contribution in [0.25, 0.3) is 0 Å². The molecule has 0 radical (unpaired) electrons. The van der Waals surface area contributed by atoms with Crippen LogP contribution in [0.5, 0.6) is 0 Å². The minimum absolute atomic E-state index is 0.0380. The number of nitrogens with zero attached hydrogens (tertiary/aromatic N) is 1. The fraction of sp³-hybridized carbons (Fsp3) is 0.273. The van der Waals surface area contributed by atoms with Crippen molar-refractivity contribution in [1.29, 1.82) is 0 Å². The Labute approximate surface area is 111 Å².